The van der Waals surface area contributed by atoms with Gasteiger partial charge in [0.05, 0.1) is 51.3 Å². The number of benzene rings is 1. The molecule has 2 fully saturated rings. The Hall–Kier alpha value is -3.25. The summed E-state index contributed by atoms with van der Waals surface area (Å²) in [6.07, 6.45) is -0.535. The van der Waals surface area contributed by atoms with Crippen LogP contribution in [0.5, 0.6) is 0 Å². The largest absolute Gasteiger partial charge is 0.466 e. The molecule has 1 atom stereocenters. The van der Waals surface area contributed by atoms with Gasteiger partial charge in [-0.15, -0.1) is 0 Å². The minimum atomic E-state index is -0.978. The van der Waals surface area contributed by atoms with Crippen molar-refractivity contribution >= 4 is 35.4 Å². The molecule has 0 spiro atoms. The zero-order chi connectivity index (χ0) is 37.4. The monoisotopic (exact) mass is 667 g/mol. The molecule has 0 aromatic heterocycles. The van der Waals surface area contributed by atoms with Crippen molar-refractivity contribution in [2.24, 2.45) is 5.73 Å². The molecule has 2 aliphatic heterocycles. The van der Waals surface area contributed by atoms with Gasteiger partial charge >= 0.3 is 24.0 Å². The summed E-state index contributed by atoms with van der Waals surface area (Å²) in [4.78, 5) is 46.1. The van der Waals surface area contributed by atoms with Crippen LogP contribution in [0.1, 0.15) is 118 Å². The zero-order valence-electron chi connectivity index (χ0n) is 31.6. The van der Waals surface area contributed by atoms with E-state index in [1.165, 1.54) is 31.7 Å². The maximum Gasteiger partial charge on any atom is 0.415 e. The van der Waals surface area contributed by atoms with E-state index in [0.717, 1.165) is 0 Å². The Bertz CT molecular complexity index is 1310. The molecule has 2 saturated heterocycles. The molecule has 1 amide bonds. The zero-order valence-corrected chi connectivity index (χ0v) is 31.6. The number of rotatable bonds is 4. The first-order valence-electron chi connectivity index (χ1n) is 15.8. The summed E-state index contributed by atoms with van der Waals surface area (Å²) in [6.45, 7) is 31.8. The van der Waals surface area contributed by atoms with Crippen LogP contribution < -0.4 is 15.5 Å². The fraction of sp³-hybridized carbons (Fsp3) is 0.714. The molecule has 2 N–H and O–H groups in total. The van der Waals surface area contributed by atoms with Crippen LogP contribution in [0, 0.1) is 5.82 Å². The van der Waals surface area contributed by atoms with E-state index < -0.39 is 62.8 Å². The van der Waals surface area contributed by atoms with E-state index in [1.807, 2.05) is 62.3 Å². The molecule has 3 rings (SSSR count). The summed E-state index contributed by atoms with van der Waals surface area (Å²) < 4.78 is 36.7. The second-order valence-electron chi connectivity index (χ2n) is 15.2. The van der Waals surface area contributed by atoms with Gasteiger partial charge in [0.25, 0.3) is 0 Å². The van der Waals surface area contributed by atoms with Gasteiger partial charge in [0.1, 0.15) is 5.82 Å². The number of nitrogens with two attached hydrogens (primary N) is 1. The van der Waals surface area contributed by atoms with Crippen LogP contribution in [0.25, 0.3) is 0 Å². The normalized spacial score (nSPS) is 23.3. The van der Waals surface area contributed by atoms with Gasteiger partial charge in [0.15, 0.2) is 5.60 Å². The molecular weight excluding hydrogens is 609 g/mol. The predicted octanol–water partition coefficient (Wildman–Crippen LogP) is 6.67. The molecule has 1 aromatic rings. The number of halogens is 1. The van der Waals surface area contributed by atoms with E-state index >= 15 is 4.39 Å². The Kier molecular flexibility index (Phi) is 12.2. The van der Waals surface area contributed by atoms with E-state index in [1.54, 1.807) is 19.1 Å². The molecule has 12 heteroatoms. The molecule has 0 unspecified atom stereocenters. The lowest BCUT2D eigenvalue weighted by atomic mass is 9.71. The van der Waals surface area contributed by atoms with Gasteiger partial charge in [0, 0.05) is 20.8 Å². The number of morpholine rings is 1. The van der Waals surface area contributed by atoms with E-state index in [0.29, 0.717) is 18.0 Å². The highest BCUT2D eigenvalue weighted by Crippen LogP contribution is 2.53. The first-order valence-corrected chi connectivity index (χ1v) is 15.8. The smallest absolute Gasteiger partial charge is 0.415 e. The average molecular weight is 668 g/mol. The van der Waals surface area contributed by atoms with Crippen LogP contribution in [0.4, 0.5) is 20.6 Å². The molecule has 11 nitrogen and oxygen atoms in total. The first-order chi connectivity index (χ1) is 20.9. The third-order valence-electron chi connectivity index (χ3n) is 10.1. The number of nitrogens with zero attached hydrogens (tertiary/aromatic N) is 2. The van der Waals surface area contributed by atoms with E-state index in [4.69, 9.17) is 15.2 Å². The number of anilines is 2. The number of carbonyl (C=O) groups is 4. The van der Waals surface area contributed by atoms with Gasteiger partial charge in [-0.25, -0.2) is 9.18 Å². The lowest BCUT2D eigenvalue weighted by Crippen LogP contribution is -2.78. The minimum Gasteiger partial charge on any atom is -0.466 e. The molecule has 47 heavy (non-hydrogen) atoms. The van der Waals surface area contributed by atoms with Crippen LogP contribution in [-0.4, -0.2) is 69.6 Å². The lowest BCUT2D eigenvalue weighted by molar-refractivity contribution is -0.214. The molecule has 1 aromatic carbocycles. The van der Waals surface area contributed by atoms with Crippen molar-refractivity contribution in [3.05, 3.63) is 24.0 Å². The molecule has 2 aliphatic rings. The van der Waals surface area contributed by atoms with Crippen molar-refractivity contribution in [3.63, 3.8) is 0 Å². The van der Waals surface area contributed by atoms with Crippen LogP contribution in [0.3, 0.4) is 0 Å². The Labute approximate surface area is 280 Å². The highest BCUT2D eigenvalue weighted by atomic mass is 19.1. The molecular formula is C35H58FN3O8. The van der Waals surface area contributed by atoms with Crippen LogP contribution in [0.2, 0.25) is 0 Å². The van der Waals surface area contributed by atoms with Gasteiger partial charge in [-0.05, 0) is 115 Å². The summed E-state index contributed by atoms with van der Waals surface area (Å²) >= 11 is 0. The fourth-order valence-electron chi connectivity index (χ4n) is 6.08. The van der Waals surface area contributed by atoms with E-state index in [2.05, 4.69) is 42.1 Å². The van der Waals surface area contributed by atoms with Crippen molar-refractivity contribution in [3.8, 4) is 0 Å². The number of ether oxygens (including phenoxy) is 4. The fourth-order valence-corrected chi connectivity index (χ4v) is 6.08. The molecule has 0 radical (unpaired) electrons. The maximum absolute atomic E-state index is 16.0. The maximum atomic E-state index is 16.0. The summed E-state index contributed by atoms with van der Waals surface area (Å²) in [5.41, 5.74) is 2.58. The summed E-state index contributed by atoms with van der Waals surface area (Å²) in [7, 11) is 0. The number of esters is 3. The van der Waals surface area contributed by atoms with Crippen molar-refractivity contribution in [1.29, 1.82) is 0 Å². The van der Waals surface area contributed by atoms with Gasteiger partial charge in [-0.2, -0.15) is 0 Å². The Morgan fingerprint density at radius 2 is 1.28 bits per heavy atom. The van der Waals surface area contributed by atoms with Crippen molar-refractivity contribution in [1.82, 2.24) is 0 Å². The molecule has 0 saturated carbocycles. The molecule has 2 heterocycles. The Balaban J connectivity index is 0.000000715. The third kappa shape index (κ3) is 8.08. The van der Waals surface area contributed by atoms with Crippen molar-refractivity contribution in [2.45, 2.75) is 157 Å². The van der Waals surface area contributed by atoms with Crippen molar-refractivity contribution < 1.29 is 42.5 Å². The van der Waals surface area contributed by atoms with Gasteiger partial charge in [-0.3, -0.25) is 19.3 Å². The summed E-state index contributed by atoms with van der Waals surface area (Å²) in [6, 6.07) is 4.98. The minimum absolute atomic E-state index is 0.211. The number of cyclic esters (lactones) is 1. The predicted molar refractivity (Wildman–Crippen MR) is 181 cm³/mol. The Morgan fingerprint density at radius 3 is 1.55 bits per heavy atom. The van der Waals surface area contributed by atoms with Crippen LogP contribution in [0.15, 0.2) is 18.2 Å². The van der Waals surface area contributed by atoms with Crippen molar-refractivity contribution in [2.75, 3.05) is 16.4 Å². The topological polar surface area (TPSA) is 138 Å². The first kappa shape index (κ1) is 41.8. The second-order valence-corrected chi connectivity index (χ2v) is 15.2. The number of carbonyl (C=O) groups excluding carboxylic acids is 4. The Morgan fingerprint density at radius 1 is 0.830 bits per heavy atom. The van der Waals surface area contributed by atoms with Crippen LogP contribution >= 0.6 is 0 Å². The SMILES string of the molecule is CC(=O)OC(C)=O.CC1(C)OC(C)(C)C(C)(C)N(c2ccc(N3C(=O)O[C@@](C)(C(C)(C)N)C3(C)C)cc2F)C1(C)C.CCOC(C)=O. The highest BCUT2D eigenvalue weighted by molar-refractivity contribution is 5.93. The number of hydrogen-bond donors (Lipinski definition) is 1. The van der Waals surface area contributed by atoms with Crippen LogP contribution in [-0.2, 0) is 33.3 Å². The molecule has 268 valence electrons. The molecule has 0 aliphatic carbocycles. The quantitative estimate of drug-likeness (QED) is 0.210. The summed E-state index contributed by atoms with van der Waals surface area (Å²) in [5, 5.41) is 0. The van der Waals surface area contributed by atoms with E-state index in [9.17, 15) is 19.2 Å². The summed E-state index contributed by atoms with van der Waals surface area (Å²) in [5.74, 6) is -1.74. The number of hydrogen-bond acceptors (Lipinski definition) is 10. The average Bonchev–Trinajstić information content (AvgIpc) is 3.02. The standard InChI is InChI=1S/C27H44FN3O3.C4H6O3.C4H8O2/c1-21(2,29)27(13)24(7,8)30(20(32)33-27)17-14-15-19(18(28)16-17)31-22(3,4)25(9,10)34-26(11,12)23(31,5)6;1-3(5)7-4(2)6;1-3-6-4(2)5/h14-16H,29H2,1-13H3;1-2H3;3H2,1-2H3/t27-;;/m0../s1. The highest BCUT2D eigenvalue weighted by Gasteiger charge is 2.64. The van der Waals surface area contributed by atoms with Gasteiger partial charge in [-0.1, -0.05) is 0 Å². The third-order valence-corrected chi connectivity index (χ3v) is 10.1. The number of amides is 1. The van der Waals surface area contributed by atoms with E-state index in [-0.39, 0.29) is 5.97 Å². The molecule has 0 bridgehead atoms. The van der Waals surface area contributed by atoms with Gasteiger partial charge < -0.3 is 29.6 Å². The lowest BCUT2D eigenvalue weighted by Gasteiger charge is -2.67. The second kappa shape index (κ2) is 13.7. The van der Waals surface area contributed by atoms with Gasteiger partial charge in [0.2, 0.25) is 0 Å².